The molecule has 0 spiro atoms. The molecule has 0 bridgehead atoms. The van der Waals surface area contributed by atoms with Gasteiger partial charge >= 0.3 is 5.97 Å². The molecule has 1 heterocycles. The molecule has 1 atom stereocenters. The van der Waals surface area contributed by atoms with Crippen molar-refractivity contribution in [3.8, 4) is 16.9 Å². The Kier molecular flexibility index (Phi) is 6.60. The molecule has 1 N–H and O–H groups in total. The van der Waals surface area contributed by atoms with Gasteiger partial charge < -0.3 is 9.84 Å². The summed E-state index contributed by atoms with van der Waals surface area (Å²) in [5.41, 5.74) is 2.85. The van der Waals surface area contributed by atoms with E-state index in [-0.39, 0.29) is 17.9 Å². The van der Waals surface area contributed by atoms with Gasteiger partial charge in [-0.15, -0.1) is 0 Å². The van der Waals surface area contributed by atoms with E-state index in [1.165, 1.54) is 4.31 Å². The number of rotatable bonds is 6. The van der Waals surface area contributed by atoms with Crippen LogP contribution in [0.2, 0.25) is 5.02 Å². The standard InChI is InChI=1S/C27H28ClNO5S/c1-17-6-5-7-22(12-17)35(32,33)29-16-21(15-27(3,4)26(30)31)34-25-11-9-19(13-24(25)29)23-14-20(28)10-8-18(23)2/h5-14,21H,15-16H2,1-4H3,(H,30,31)/t21-/m0/s1. The molecule has 1 aliphatic rings. The summed E-state index contributed by atoms with van der Waals surface area (Å²) in [6, 6.07) is 17.7. The fourth-order valence-electron chi connectivity index (χ4n) is 4.28. The van der Waals surface area contributed by atoms with Gasteiger partial charge in [-0.3, -0.25) is 9.10 Å². The number of sulfonamides is 1. The molecule has 8 heteroatoms. The maximum atomic E-state index is 13.8. The van der Waals surface area contributed by atoms with Crippen molar-refractivity contribution in [2.24, 2.45) is 5.41 Å². The molecule has 0 unspecified atom stereocenters. The third kappa shape index (κ3) is 5.02. The highest BCUT2D eigenvalue weighted by Crippen LogP contribution is 2.42. The molecule has 4 rings (SSSR count). The summed E-state index contributed by atoms with van der Waals surface area (Å²) in [6.07, 6.45) is -0.483. The van der Waals surface area contributed by atoms with E-state index >= 15 is 0 Å². The normalized spacial score (nSPS) is 15.9. The smallest absolute Gasteiger partial charge is 0.309 e. The average molecular weight is 514 g/mol. The lowest BCUT2D eigenvalue weighted by Gasteiger charge is -2.38. The number of nitrogens with zero attached hydrogens (tertiary/aromatic N) is 1. The van der Waals surface area contributed by atoms with Gasteiger partial charge in [0, 0.05) is 11.4 Å². The topological polar surface area (TPSA) is 83.9 Å². The molecule has 6 nitrogen and oxygen atoms in total. The molecule has 184 valence electrons. The molecule has 0 fully saturated rings. The van der Waals surface area contributed by atoms with Crippen molar-refractivity contribution >= 4 is 33.3 Å². The van der Waals surface area contributed by atoms with Gasteiger partial charge in [-0.2, -0.15) is 0 Å². The molecule has 3 aromatic carbocycles. The molecule has 0 aliphatic carbocycles. The van der Waals surface area contributed by atoms with Gasteiger partial charge in [0.15, 0.2) is 0 Å². The number of carbonyl (C=O) groups is 1. The highest BCUT2D eigenvalue weighted by atomic mass is 35.5. The predicted octanol–water partition coefficient (Wildman–Crippen LogP) is 6.08. The Morgan fingerprint density at radius 1 is 1.11 bits per heavy atom. The summed E-state index contributed by atoms with van der Waals surface area (Å²) in [6.45, 7) is 7.02. The van der Waals surface area contributed by atoms with Crippen LogP contribution in [0.15, 0.2) is 65.6 Å². The number of aliphatic carboxylic acids is 1. The van der Waals surface area contributed by atoms with Crippen LogP contribution in [0.1, 0.15) is 31.4 Å². The summed E-state index contributed by atoms with van der Waals surface area (Å²) in [4.78, 5) is 11.9. The molecule has 3 aromatic rings. The lowest BCUT2D eigenvalue weighted by atomic mass is 9.86. The number of ether oxygens (including phenoxy) is 1. The number of carboxylic acids is 1. The van der Waals surface area contributed by atoms with Crippen molar-refractivity contribution in [2.45, 2.75) is 45.1 Å². The number of carboxylic acid groups (broad SMARTS) is 1. The summed E-state index contributed by atoms with van der Waals surface area (Å²) >= 11 is 6.23. The number of halogens is 1. The average Bonchev–Trinajstić information content (AvgIpc) is 2.79. The first-order chi connectivity index (χ1) is 16.4. The first kappa shape index (κ1) is 25.1. The summed E-state index contributed by atoms with van der Waals surface area (Å²) in [5.74, 6) is -0.575. The van der Waals surface area contributed by atoms with Crippen molar-refractivity contribution < 1.29 is 23.1 Å². The molecule has 0 radical (unpaired) electrons. The minimum atomic E-state index is -3.94. The van der Waals surface area contributed by atoms with Crippen LogP contribution in [0.5, 0.6) is 5.75 Å². The lowest BCUT2D eigenvalue weighted by Crippen LogP contribution is -2.46. The van der Waals surface area contributed by atoms with E-state index in [1.807, 2.05) is 44.2 Å². The monoisotopic (exact) mass is 513 g/mol. The molecular weight excluding hydrogens is 486 g/mol. The first-order valence-corrected chi connectivity index (χ1v) is 13.1. The Morgan fingerprint density at radius 2 is 1.86 bits per heavy atom. The number of benzene rings is 3. The van der Waals surface area contributed by atoms with Crippen LogP contribution < -0.4 is 9.04 Å². The molecule has 0 aromatic heterocycles. The van der Waals surface area contributed by atoms with Gasteiger partial charge in [0.25, 0.3) is 10.0 Å². The Labute approximate surface area is 211 Å². The molecule has 0 amide bonds. The molecule has 1 aliphatic heterocycles. The lowest BCUT2D eigenvalue weighted by molar-refractivity contribution is -0.148. The van der Waals surface area contributed by atoms with Crippen molar-refractivity contribution in [1.82, 2.24) is 0 Å². The Morgan fingerprint density at radius 3 is 2.54 bits per heavy atom. The zero-order valence-corrected chi connectivity index (χ0v) is 21.7. The molecule has 35 heavy (non-hydrogen) atoms. The van der Waals surface area contributed by atoms with Crippen molar-refractivity contribution in [1.29, 1.82) is 0 Å². The largest absolute Gasteiger partial charge is 0.486 e. The van der Waals surface area contributed by atoms with Crippen LogP contribution >= 0.6 is 11.6 Å². The van der Waals surface area contributed by atoms with E-state index in [0.29, 0.717) is 16.5 Å². The SMILES string of the molecule is Cc1cccc(S(=O)(=O)N2C[C@H](CC(C)(C)C(=O)O)Oc3ccc(-c4cc(Cl)ccc4C)cc32)c1. The maximum Gasteiger partial charge on any atom is 0.309 e. The van der Waals surface area contributed by atoms with E-state index in [1.54, 1.807) is 44.2 Å². The van der Waals surface area contributed by atoms with Gasteiger partial charge in [-0.1, -0.05) is 35.9 Å². The summed E-state index contributed by atoms with van der Waals surface area (Å²) in [7, 11) is -3.94. The predicted molar refractivity (Wildman–Crippen MR) is 138 cm³/mol. The highest BCUT2D eigenvalue weighted by molar-refractivity contribution is 7.92. The quantitative estimate of drug-likeness (QED) is 0.431. The van der Waals surface area contributed by atoms with E-state index < -0.39 is 27.5 Å². The zero-order chi connectivity index (χ0) is 25.5. The van der Waals surface area contributed by atoms with Gasteiger partial charge in [0.1, 0.15) is 11.9 Å². The van der Waals surface area contributed by atoms with Crippen LogP contribution in [-0.2, 0) is 14.8 Å². The van der Waals surface area contributed by atoms with Gasteiger partial charge in [0.05, 0.1) is 22.5 Å². The third-order valence-corrected chi connectivity index (χ3v) is 8.31. The second-order valence-corrected chi connectivity index (χ2v) is 11.9. The minimum absolute atomic E-state index is 0.00202. The van der Waals surface area contributed by atoms with Crippen molar-refractivity contribution in [2.75, 3.05) is 10.8 Å². The highest BCUT2D eigenvalue weighted by Gasteiger charge is 2.39. The Hall–Kier alpha value is -3.03. The second kappa shape index (κ2) is 9.21. The van der Waals surface area contributed by atoms with Crippen LogP contribution in [0.25, 0.3) is 11.1 Å². The van der Waals surface area contributed by atoms with E-state index in [4.69, 9.17) is 16.3 Å². The number of aryl methyl sites for hydroxylation is 2. The van der Waals surface area contributed by atoms with Crippen molar-refractivity contribution in [3.63, 3.8) is 0 Å². The molecule has 0 saturated carbocycles. The second-order valence-electron chi connectivity index (χ2n) is 9.63. The first-order valence-electron chi connectivity index (χ1n) is 11.3. The van der Waals surface area contributed by atoms with Gasteiger partial charge in [-0.05, 0) is 86.3 Å². The number of anilines is 1. The third-order valence-electron chi connectivity index (χ3n) is 6.30. The fraction of sp³-hybridized carbons (Fsp3) is 0.296. The van der Waals surface area contributed by atoms with Gasteiger partial charge in [0.2, 0.25) is 0 Å². The Balaban J connectivity index is 1.84. The van der Waals surface area contributed by atoms with Crippen LogP contribution in [0, 0.1) is 19.3 Å². The van der Waals surface area contributed by atoms with Crippen LogP contribution in [-0.4, -0.2) is 32.1 Å². The van der Waals surface area contributed by atoms with E-state index in [9.17, 15) is 18.3 Å². The summed E-state index contributed by atoms with van der Waals surface area (Å²) < 4.78 is 35.2. The zero-order valence-electron chi connectivity index (χ0n) is 20.1. The minimum Gasteiger partial charge on any atom is -0.486 e. The van der Waals surface area contributed by atoms with Crippen molar-refractivity contribution in [3.05, 3.63) is 76.8 Å². The number of hydrogen-bond donors (Lipinski definition) is 1. The van der Waals surface area contributed by atoms with Crippen LogP contribution in [0.4, 0.5) is 5.69 Å². The number of hydrogen-bond acceptors (Lipinski definition) is 4. The van der Waals surface area contributed by atoms with E-state index in [0.717, 1.165) is 22.3 Å². The van der Waals surface area contributed by atoms with Crippen LogP contribution in [0.3, 0.4) is 0 Å². The van der Waals surface area contributed by atoms with Gasteiger partial charge in [-0.25, -0.2) is 8.42 Å². The van der Waals surface area contributed by atoms with E-state index in [2.05, 4.69) is 0 Å². The fourth-order valence-corrected chi connectivity index (χ4v) is 6.05. The molecule has 0 saturated heterocycles. The number of fused-ring (bicyclic) bond motifs is 1. The Bertz CT molecular complexity index is 1400. The molecular formula is C27H28ClNO5S. The maximum absolute atomic E-state index is 13.8. The summed E-state index contributed by atoms with van der Waals surface area (Å²) in [5, 5.41) is 10.2.